The maximum absolute atomic E-state index is 12.2. The summed E-state index contributed by atoms with van der Waals surface area (Å²) in [7, 11) is 0. The van der Waals surface area contributed by atoms with Gasteiger partial charge in [-0.25, -0.2) is 0 Å². The number of nitrogens with zero attached hydrogens (tertiary/aromatic N) is 1. The summed E-state index contributed by atoms with van der Waals surface area (Å²) in [5.41, 5.74) is 1.42. The molecule has 1 aromatic rings. The lowest BCUT2D eigenvalue weighted by Crippen LogP contribution is -2.46. The Labute approximate surface area is 121 Å². The first-order valence-electron chi connectivity index (χ1n) is 5.96. The molecular formula is C13H14Cl2N2O2. The van der Waals surface area contributed by atoms with Gasteiger partial charge in [-0.3, -0.25) is 9.59 Å². The van der Waals surface area contributed by atoms with Crippen LogP contribution in [0.1, 0.15) is 20.3 Å². The minimum absolute atomic E-state index is 0.0422. The van der Waals surface area contributed by atoms with Crippen LogP contribution in [-0.2, 0) is 9.59 Å². The molecule has 0 fully saturated rings. The van der Waals surface area contributed by atoms with Crippen LogP contribution in [-0.4, -0.2) is 24.3 Å². The second-order valence-corrected chi connectivity index (χ2v) is 5.41. The molecule has 1 aliphatic rings. The molecule has 0 radical (unpaired) electrons. The molecule has 4 nitrogen and oxygen atoms in total. The second-order valence-electron chi connectivity index (χ2n) is 4.59. The summed E-state index contributed by atoms with van der Waals surface area (Å²) in [5.74, 6) is -0.0345. The molecule has 0 saturated carbocycles. The van der Waals surface area contributed by atoms with Crippen molar-refractivity contribution in [2.45, 2.75) is 26.3 Å². The summed E-state index contributed by atoms with van der Waals surface area (Å²) in [4.78, 5) is 24.9. The predicted molar refractivity (Wildman–Crippen MR) is 77.2 cm³/mol. The highest BCUT2D eigenvalue weighted by Crippen LogP contribution is 2.38. The van der Waals surface area contributed by atoms with Gasteiger partial charge < -0.3 is 10.2 Å². The fourth-order valence-corrected chi connectivity index (χ4v) is 2.34. The Bertz CT molecular complexity index is 546. The number of fused-ring (bicyclic) bond motifs is 1. The van der Waals surface area contributed by atoms with Gasteiger partial charge in [0.15, 0.2) is 0 Å². The average molecular weight is 301 g/mol. The van der Waals surface area contributed by atoms with Gasteiger partial charge in [0.05, 0.1) is 21.4 Å². The molecule has 1 aliphatic heterocycles. The Morgan fingerprint density at radius 3 is 2.63 bits per heavy atom. The molecule has 1 N–H and O–H groups in total. The van der Waals surface area contributed by atoms with Gasteiger partial charge in [0.25, 0.3) is 0 Å². The van der Waals surface area contributed by atoms with E-state index in [0.717, 1.165) is 5.69 Å². The van der Waals surface area contributed by atoms with E-state index in [9.17, 15) is 9.59 Å². The van der Waals surface area contributed by atoms with E-state index in [0.29, 0.717) is 28.7 Å². The molecule has 0 bridgehead atoms. The van der Waals surface area contributed by atoms with Gasteiger partial charge in [-0.15, -0.1) is 0 Å². The average Bonchev–Trinajstić information content (AvgIpc) is 2.32. The van der Waals surface area contributed by atoms with Gasteiger partial charge in [0.2, 0.25) is 5.91 Å². The van der Waals surface area contributed by atoms with E-state index in [-0.39, 0.29) is 17.7 Å². The van der Waals surface area contributed by atoms with E-state index in [4.69, 9.17) is 23.2 Å². The summed E-state index contributed by atoms with van der Waals surface area (Å²) in [6.45, 7) is 3.63. The molecule has 1 heterocycles. The summed E-state index contributed by atoms with van der Waals surface area (Å²) in [5, 5.41) is 3.89. The molecule has 1 unspecified atom stereocenters. The van der Waals surface area contributed by atoms with Crippen LogP contribution < -0.4 is 10.2 Å². The SMILES string of the molecule is CC(=O)CCN1C(=O)C(C)Nc2cc(Cl)c(Cl)cc21. The fraction of sp³-hybridized carbons (Fsp3) is 0.385. The van der Waals surface area contributed by atoms with Gasteiger partial charge in [-0.05, 0) is 26.0 Å². The molecule has 0 aliphatic carbocycles. The predicted octanol–water partition coefficient (Wildman–Crippen LogP) is 3.12. The number of carbonyl (C=O) groups excluding carboxylic acids is 2. The van der Waals surface area contributed by atoms with Crippen molar-refractivity contribution in [3.05, 3.63) is 22.2 Å². The van der Waals surface area contributed by atoms with Gasteiger partial charge in [0.1, 0.15) is 11.8 Å². The number of amides is 1. The molecule has 0 saturated heterocycles. The quantitative estimate of drug-likeness (QED) is 0.933. The first kappa shape index (κ1) is 14.2. The largest absolute Gasteiger partial charge is 0.372 e. The van der Waals surface area contributed by atoms with Gasteiger partial charge in [-0.2, -0.15) is 0 Å². The van der Waals surface area contributed by atoms with Crippen molar-refractivity contribution in [1.82, 2.24) is 0 Å². The molecule has 1 atom stereocenters. The van der Waals surface area contributed by atoms with E-state index in [1.54, 1.807) is 24.0 Å². The zero-order valence-electron chi connectivity index (χ0n) is 10.7. The third-order valence-corrected chi connectivity index (χ3v) is 3.75. The lowest BCUT2D eigenvalue weighted by molar-refractivity contribution is -0.119. The maximum atomic E-state index is 12.2. The van der Waals surface area contributed by atoms with Crippen molar-refractivity contribution in [2.24, 2.45) is 0 Å². The molecule has 1 amide bonds. The smallest absolute Gasteiger partial charge is 0.249 e. The molecule has 0 aromatic heterocycles. The number of ketones is 1. The number of carbonyl (C=O) groups is 2. The molecule has 1 aromatic carbocycles. The lowest BCUT2D eigenvalue weighted by Gasteiger charge is -2.34. The third-order valence-electron chi connectivity index (χ3n) is 3.03. The van der Waals surface area contributed by atoms with Crippen molar-refractivity contribution in [3.8, 4) is 0 Å². The highest BCUT2D eigenvalue weighted by Gasteiger charge is 2.30. The zero-order chi connectivity index (χ0) is 14.2. The van der Waals surface area contributed by atoms with Crippen LogP contribution in [0.4, 0.5) is 11.4 Å². The van der Waals surface area contributed by atoms with Crippen LogP contribution in [0.2, 0.25) is 10.0 Å². The number of rotatable bonds is 3. The van der Waals surface area contributed by atoms with Crippen molar-refractivity contribution < 1.29 is 9.59 Å². The minimum atomic E-state index is -0.350. The Balaban J connectivity index is 2.40. The molecule has 2 rings (SSSR count). The lowest BCUT2D eigenvalue weighted by atomic mass is 10.1. The molecule has 19 heavy (non-hydrogen) atoms. The van der Waals surface area contributed by atoms with E-state index >= 15 is 0 Å². The number of nitrogens with one attached hydrogen (secondary N) is 1. The molecular weight excluding hydrogens is 287 g/mol. The van der Waals surface area contributed by atoms with Crippen molar-refractivity contribution in [2.75, 3.05) is 16.8 Å². The summed E-state index contributed by atoms with van der Waals surface area (Å²) < 4.78 is 0. The van der Waals surface area contributed by atoms with Crippen LogP contribution in [0.25, 0.3) is 0 Å². The summed E-state index contributed by atoms with van der Waals surface area (Å²) >= 11 is 12.0. The number of Topliss-reactive ketones (excluding diaryl/α,β-unsaturated/α-hetero) is 1. The van der Waals surface area contributed by atoms with E-state index in [2.05, 4.69) is 5.32 Å². The van der Waals surface area contributed by atoms with Gasteiger partial charge in [-0.1, -0.05) is 23.2 Å². The van der Waals surface area contributed by atoms with E-state index in [1.807, 2.05) is 0 Å². The Hall–Kier alpha value is -1.26. The topological polar surface area (TPSA) is 49.4 Å². The molecule has 102 valence electrons. The van der Waals surface area contributed by atoms with Crippen molar-refractivity contribution in [1.29, 1.82) is 0 Å². The highest BCUT2D eigenvalue weighted by atomic mass is 35.5. The number of hydrogen-bond donors (Lipinski definition) is 1. The zero-order valence-corrected chi connectivity index (χ0v) is 12.2. The second kappa shape index (κ2) is 5.39. The fourth-order valence-electron chi connectivity index (χ4n) is 2.02. The third kappa shape index (κ3) is 2.85. The Kier molecular flexibility index (Phi) is 4.02. The standard InChI is InChI=1S/C13H14Cl2N2O2/c1-7(18)3-4-17-12-6-10(15)9(14)5-11(12)16-8(2)13(17)19/h5-6,8,16H,3-4H2,1-2H3. The van der Waals surface area contributed by atoms with Crippen molar-refractivity contribution in [3.63, 3.8) is 0 Å². The molecule has 0 spiro atoms. The van der Waals surface area contributed by atoms with Gasteiger partial charge >= 0.3 is 0 Å². The van der Waals surface area contributed by atoms with Crippen LogP contribution in [0, 0.1) is 0 Å². The minimum Gasteiger partial charge on any atom is -0.372 e. The number of hydrogen-bond acceptors (Lipinski definition) is 3. The maximum Gasteiger partial charge on any atom is 0.249 e. The Morgan fingerprint density at radius 1 is 1.37 bits per heavy atom. The van der Waals surface area contributed by atoms with Crippen LogP contribution in [0.3, 0.4) is 0 Å². The van der Waals surface area contributed by atoms with Crippen LogP contribution >= 0.6 is 23.2 Å². The van der Waals surface area contributed by atoms with Crippen LogP contribution in [0.5, 0.6) is 0 Å². The number of benzene rings is 1. The number of halogens is 2. The summed E-state index contributed by atoms with van der Waals surface area (Å²) in [6, 6.07) is 3.00. The first-order chi connectivity index (χ1) is 8.90. The molecule has 6 heteroatoms. The van der Waals surface area contributed by atoms with E-state index in [1.165, 1.54) is 6.92 Å². The first-order valence-corrected chi connectivity index (χ1v) is 6.72. The highest BCUT2D eigenvalue weighted by molar-refractivity contribution is 6.42. The van der Waals surface area contributed by atoms with Crippen molar-refractivity contribution >= 4 is 46.3 Å². The van der Waals surface area contributed by atoms with Crippen LogP contribution in [0.15, 0.2) is 12.1 Å². The van der Waals surface area contributed by atoms with E-state index < -0.39 is 0 Å². The van der Waals surface area contributed by atoms with Gasteiger partial charge in [0, 0.05) is 13.0 Å². The monoisotopic (exact) mass is 300 g/mol. The number of anilines is 2. The summed E-state index contributed by atoms with van der Waals surface area (Å²) in [6.07, 6.45) is 0.318. The Morgan fingerprint density at radius 2 is 2.00 bits per heavy atom. The normalized spacial score (nSPS) is 18.0.